The van der Waals surface area contributed by atoms with Gasteiger partial charge in [0.05, 0.1) is 43.1 Å². The van der Waals surface area contributed by atoms with Crippen LogP contribution < -0.4 is 45.3 Å². The van der Waals surface area contributed by atoms with Crippen LogP contribution in [0, 0.1) is 0 Å². The van der Waals surface area contributed by atoms with Crippen LogP contribution in [0.2, 0.25) is 0 Å². The molecule has 556 valence electrons. The van der Waals surface area contributed by atoms with Crippen molar-refractivity contribution in [3.63, 3.8) is 0 Å². The molecule has 6 amide bonds. The minimum Gasteiger partial charge on any atom is -0.484 e. The van der Waals surface area contributed by atoms with Crippen LogP contribution in [-0.4, -0.2) is 146 Å². The van der Waals surface area contributed by atoms with Crippen LogP contribution in [0.25, 0.3) is 16.7 Å². The van der Waals surface area contributed by atoms with Gasteiger partial charge in [0.1, 0.15) is 22.8 Å². The molecule has 6 aromatic rings. The van der Waals surface area contributed by atoms with Crippen molar-refractivity contribution >= 4 is 86.3 Å². The molecule has 1 fully saturated rings. The largest absolute Gasteiger partial charge is 0.484 e. The van der Waals surface area contributed by atoms with Crippen molar-refractivity contribution < 1.29 is 101 Å². The van der Waals surface area contributed by atoms with Crippen molar-refractivity contribution in [2.75, 3.05) is 120 Å². The molecule has 13 rings (SSSR count). The minimum atomic E-state index is -4.55. The Kier molecular flexibility index (Phi) is 22.1. The predicted octanol–water partition coefficient (Wildman–Crippen LogP) is 13.0. The summed E-state index contributed by atoms with van der Waals surface area (Å²) in [6.45, 7) is 1.30. The van der Waals surface area contributed by atoms with Gasteiger partial charge in [0, 0.05) is 163 Å². The van der Waals surface area contributed by atoms with Crippen molar-refractivity contribution in [2.24, 2.45) is 0 Å². The van der Waals surface area contributed by atoms with Crippen LogP contribution in [0.5, 0.6) is 17.2 Å². The second kappa shape index (κ2) is 30.6. The summed E-state index contributed by atoms with van der Waals surface area (Å²) in [5.74, 6) is -1.25. The summed E-state index contributed by atoms with van der Waals surface area (Å²) in [4.78, 5) is 79.8. The van der Waals surface area contributed by atoms with E-state index in [1.165, 1.54) is 64.9 Å². The van der Waals surface area contributed by atoms with E-state index >= 15 is 0 Å². The Morgan fingerprint density at radius 1 is 0.486 bits per heavy atom. The first-order chi connectivity index (χ1) is 49.7. The molecule has 0 radical (unpaired) electrons. The Labute approximate surface area is 598 Å². The number of aryl methyl sites for hydroxylation is 2. The number of nitrogens with zero attached hydrogens (tertiary/aromatic N) is 3. The molecule has 0 unspecified atom stereocenters. The molecule has 1 saturated heterocycles. The zero-order valence-electron chi connectivity index (χ0n) is 58.3. The lowest BCUT2D eigenvalue weighted by molar-refractivity contribution is -0.138. The number of carbonyl (C=O) groups is 6. The van der Waals surface area contributed by atoms with Crippen LogP contribution in [0.4, 0.5) is 73.6 Å². The molecule has 1 spiro atoms. The molecular formula is C76H76F9N7O13. The van der Waals surface area contributed by atoms with Crippen molar-refractivity contribution in [3.8, 4) is 17.2 Å². The summed E-state index contributed by atoms with van der Waals surface area (Å²) in [5.41, 5.74) is 4.09. The molecule has 7 aliphatic heterocycles. The number of alkyl halides is 9. The van der Waals surface area contributed by atoms with Crippen molar-refractivity contribution in [2.45, 2.75) is 93.1 Å². The number of hydrogen-bond acceptors (Lipinski definition) is 14. The number of anilines is 6. The minimum absolute atomic E-state index is 0.00134. The van der Waals surface area contributed by atoms with Gasteiger partial charge in [-0.1, -0.05) is 36.4 Å². The number of methoxy groups -OCH3 is 4. The van der Waals surface area contributed by atoms with Crippen molar-refractivity contribution in [1.29, 1.82) is 0 Å². The summed E-state index contributed by atoms with van der Waals surface area (Å²) in [6.07, 6.45) is -5.69. The third-order valence-electron chi connectivity index (χ3n) is 18.8. The van der Waals surface area contributed by atoms with E-state index in [0.717, 1.165) is 64.5 Å². The Bertz CT molecular complexity index is 4460. The molecule has 29 heteroatoms. The number of carbonyl (C=O) groups excluding carboxylic acids is 6. The van der Waals surface area contributed by atoms with Crippen LogP contribution in [0.1, 0.15) is 88.6 Å². The standard InChI is InChI=1S/2C26H27F3N2O5.C24H22F3N3O3/c1-31-21-12-19(7-4-16(21)5-9-24(31)33)30-23(32)10-17-13-25(14-34-2,15-35-3)36-22-11-18(26(27,28)29)6-8-20(17)22;1-31-21-6-4-5-20(19(21)9-10-24(31)33)30-23(32)11-16-13-25(14-34-2,15-35-3)36-22-12-17(26(27,28)29)7-8-18(16)22;1-30-12-23(13-30)11-15(18-6-4-16(24(25,26)27)9-20(18)33-23)8-22(32)28-17-5-2-14-3-7-21(31)29-19(14)10-17/h4,6-8,10-12H,5,9,13-15H2,1-3H3,(H,30,32);4-8,11-12H,9-10,13-15H2,1-3H3,(H,30,32);2,4-6,8-10H,3,7,11-13H2,1H3,(H,28,32)(H,29,31)/b17-10+;16-11+;15-8+. The number of benzene rings is 6. The topological polar surface area (TPSA) is 225 Å². The van der Waals surface area contributed by atoms with Crippen LogP contribution in [0.3, 0.4) is 0 Å². The fraction of sp³-hybridized carbons (Fsp3) is 0.368. The fourth-order valence-electron chi connectivity index (χ4n) is 14.2. The SMILES string of the molecule is CN1CC2(C/C(=C\C(=O)Nc3ccc4c(c3)NC(=O)CC4)c3ccc(C(F)(F)F)cc3O2)C1.COCC1(COC)C/C(=C\C(=O)Nc2ccc3c(c2)N(C)C(=O)CC3)c2ccc(C(F)(F)F)cc2O1.COCC1(COC)C/C(=C\C(=O)Nc2cccc3c2CCC(=O)N3C)c2ccc(C(F)(F)F)cc2O1. The lowest BCUT2D eigenvalue weighted by Gasteiger charge is -2.51. The van der Waals surface area contributed by atoms with Crippen LogP contribution in [-0.2, 0) is 85.5 Å². The summed E-state index contributed by atoms with van der Waals surface area (Å²) < 4.78 is 159. The van der Waals surface area contributed by atoms with E-state index in [4.69, 9.17) is 33.2 Å². The van der Waals surface area contributed by atoms with Crippen LogP contribution in [0.15, 0.2) is 127 Å². The number of likely N-dealkylation sites (N-methyl/N-ethyl adjacent to an activating group) is 1. The maximum absolute atomic E-state index is 13.4. The van der Waals surface area contributed by atoms with Crippen LogP contribution >= 0.6 is 0 Å². The highest BCUT2D eigenvalue weighted by Crippen LogP contribution is 2.49. The van der Waals surface area contributed by atoms with E-state index in [9.17, 15) is 68.3 Å². The Hall–Kier alpha value is -10.1. The molecule has 0 atom stereocenters. The Morgan fingerprint density at radius 2 is 0.914 bits per heavy atom. The molecule has 105 heavy (non-hydrogen) atoms. The molecule has 7 heterocycles. The van der Waals surface area contributed by atoms with E-state index in [2.05, 4.69) is 21.3 Å². The number of halogens is 9. The summed E-state index contributed by atoms with van der Waals surface area (Å²) in [5, 5.41) is 11.3. The number of hydrogen-bond donors (Lipinski definition) is 4. The summed E-state index contributed by atoms with van der Waals surface area (Å²) in [7, 11) is 11.1. The van der Waals surface area contributed by atoms with Gasteiger partial charge in [-0.05, 0) is 133 Å². The number of fused-ring (bicyclic) bond motifs is 6. The third kappa shape index (κ3) is 17.3. The molecule has 0 bridgehead atoms. The number of nitrogens with one attached hydrogen (secondary N) is 4. The van der Waals surface area contributed by atoms with Gasteiger partial charge < -0.3 is 64.2 Å². The Balaban J connectivity index is 0.000000158. The lowest BCUT2D eigenvalue weighted by Crippen LogP contribution is -2.64. The number of amides is 6. The first-order valence-corrected chi connectivity index (χ1v) is 33.3. The average Bonchev–Trinajstić information content (AvgIpc) is 0.732. The van der Waals surface area contributed by atoms with Crippen molar-refractivity contribution in [1.82, 2.24) is 4.90 Å². The number of rotatable bonds is 14. The van der Waals surface area contributed by atoms with Gasteiger partial charge in [0.2, 0.25) is 35.4 Å². The van der Waals surface area contributed by atoms with E-state index in [1.807, 2.05) is 30.1 Å². The first kappa shape index (κ1) is 76.1. The first-order valence-electron chi connectivity index (χ1n) is 33.3. The smallest absolute Gasteiger partial charge is 0.416 e. The monoisotopic (exact) mass is 1470 g/mol. The van der Waals surface area contributed by atoms with Crippen molar-refractivity contribution in [3.05, 3.63) is 177 Å². The maximum atomic E-state index is 13.4. The van der Waals surface area contributed by atoms with E-state index in [0.29, 0.717) is 114 Å². The summed E-state index contributed by atoms with van der Waals surface area (Å²) >= 11 is 0. The molecule has 0 aromatic heterocycles. The van der Waals surface area contributed by atoms with E-state index in [1.54, 1.807) is 60.3 Å². The predicted molar refractivity (Wildman–Crippen MR) is 373 cm³/mol. The number of likely N-dealkylation sites (tertiary alicyclic amines) is 1. The molecule has 0 aliphatic carbocycles. The molecule has 0 saturated carbocycles. The van der Waals surface area contributed by atoms with Gasteiger partial charge in [-0.3, -0.25) is 33.7 Å². The van der Waals surface area contributed by atoms with E-state index in [-0.39, 0.29) is 74.2 Å². The number of ether oxygens (including phenoxy) is 7. The van der Waals surface area contributed by atoms with Gasteiger partial charge in [-0.15, -0.1) is 0 Å². The average molecular weight is 1470 g/mol. The van der Waals surface area contributed by atoms with Gasteiger partial charge >= 0.3 is 18.5 Å². The molecule has 6 aromatic carbocycles. The lowest BCUT2D eigenvalue weighted by atomic mass is 9.81. The fourth-order valence-corrected chi connectivity index (χ4v) is 14.2. The third-order valence-corrected chi connectivity index (χ3v) is 18.8. The highest BCUT2D eigenvalue weighted by atomic mass is 19.4. The van der Waals surface area contributed by atoms with Gasteiger partial charge in [-0.2, -0.15) is 39.5 Å². The summed E-state index contributed by atoms with van der Waals surface area (Å²) in [6, 6.07) is 25.8. The molecule has 4 N–H and O–H groups in total. The Morgan fingerprint density at radius 3 is 1.39 bits per heavy atom. The second-order valence-corrected chi connectivity index (χ2v) is 26.9. The maximum Gasteiger partial charge on any atom is 0.416 e. The van der Waals surface area contributed by atoms with Gasteiger partial charge in [0.25, 0.3) is 0 Å². The molecule has 20 nitrogen and oxygen atoms in total. The highest BCUT2D eigenvalue weighted by molar-refractivity contribution is 6.08. The highest BCUT2D eigenvalue weighted by Gasteiger charge is 2.49. The molecule has 7 aliphatic rings. The second-order valence-electron chi connectivity index (χ2n) is 26.9. The van der Waals surface area contributed by atoms with E-state index < -0.39 is 69.7 Å². The van der Waals surface area contributed by atoms with Gasteiger partial charge in [0.15, 0.2) is 11.2 Å². The zero-order chi connectivity index (χ0) is 75.6. The zero-order valence-corrected chi connectivity index (χ0v) is 58.3. The molecular weight excluding hydrogens is 1390 g/mol. The normalized spacial score (nSPS) is 18.7. The van der Waals surface area contributed by atoms with Gasteiger partial charge in [-0.25, -0.2) is 0 Å². The quantitative estimate of drug-likeness (QED) is 0.0588.